The van der Waals surface area contributed by atoms with Crippen LogP contribution in [0.5, 0.6) is 11.6 Å². The molecular weight excluding hydrogens is 348 g/mol. The van der Waals surface area contributed by atoms with Gasteiger partial charge in [0.05, 0.1) is 18.0 Å². The van der Waals surface area contributed by atoms with Crippen LogP contribution in [0.15, 0.2) is 24.3 Å². The molecule has 26 heavy (non-hydrogen) atoms. The molecule has 3 heterocycles. The Morgan fingerprint density at radius 3 is 2.54 bits per heavy atom. The number of benzene rings is 1. The van der Waals surface area contributed by atoms with Crippen LogP contribution in [0, 0.1) is 0 Å². The van der Waals surface area contributed by atoms with Gasteiger partial charge >= 0.3 is 0 Å². The summed E-state index contributed by atoms with van der Waals surface area (Å²) in [5, 5.41) is 15.3. The van der Waals surface area contributed by atoms with Gasteiger partial charge in [0.25, 0.3) is 0 Å². The lowest BCUT2D eigenvalue weighted by Crippen LogP contribution is -2.34. The third kappa shape index (κ3) is 3.05. The van der Waals surface area contributed by atoms with Crippen molar-refractivity contribution in [3.8, 4) is 11.6 Å². The largest absolute Gasteiger partial charge is 0.497 e. The first-order valence-corrected chi connectivity index (χ1v) is 9.98. The number of methoxy groups -OCH3 is 1. The van der Waals surface area contributed by atoms with E-state index in [1.807, 2.05) is 19.1 Å². The monoisotopic (exact) mass is 372 g/mol. The Morgan fingerprint density at radius 2 is 1.92 bits per heavy atom. The van der Waals surface area contributed by atoms with Crippen molar-refractivity contribution < 1.29 is 9.84 Å². The summed E-state index contributed by atoms with van der Waals surface area (Å²) in [7, 11) is 1.67. The summed E-state index contributed by atoms with van der Waals surface area (Å²) in [5.74, 6) is 1.81. The fourth-order valence-electron chi connectivity index (χ4n) is 3.61. The Bertz CT molecular complexity index is 881. The smallest absolute Gasteiger partial charge is 0.230 e. The van der Waals surface area contributed by atoms with E-state index in [2.05, 4.69) is 27.1 Å². The highest BCUT2D eigenvalue weighted by Gasteiger charge is 2.30. The number of hydrogen-bond acceptors (Lipinski definition) is 6. The number of ether oxygens (including phenoxy) is 1. The topological polar surface area (TPSA) is 62.9 Å². The molecule has 0 aliphatic carbocycles. The zero-order chi connectivity index (χ0) is 18.1. The van der Waals surface area contributed by atoms with E-state index in [-0.39, 0.29) is 11.9 Å². The highest BCUT2D eigenvalue weighted by Crippen LogP contribution is 2.41. The van der Waals surface area contributed by atoms with Crippen molar-refractivity contribution in [2.45, 2.75) is 38.6 Å². The second-order valence-electron chi connectivity index (χ2n) is 6.64. The number of likely N-dealkylation sites (tertiary alicyclic amines) is 1. The summed E-state index contributed by atoms with van der Waals surface area (Å²) in [6.45, 7) is 4.08. The minimum Gasteiger partial charge on any atom is -0.497 e. The lowest BCUT2D eigenvalue weighted by Gasteiger charge is -2.34. The maximum absolute atomic E-state index is 10.9. The minimum absolute atomic E-state index is 0.0137. The molecule has 1 atom stereocenters. The van der Waals surface area contributed by atoms with E-state index in [9.17, 15) is 5.11 Å². The van der Waals surface area contributed by atoms with Crippen LogP contribution in [0.4, 0.5) is 0 Å². The zero-order valence-electron chi connectivity index (χ0n) is 15.2. The molecule has 1 aliphatic rings. The molecule has 1 aromatic carbocycles. The predicted octanol–water partition coefficient (Wildman–Crippen LogP) is 3.64. The van der Waals surface area contributed by atoms with Crippen molar-refractivity contribution in [1.29, 1.82) is 0 Å². The normalized spacial score (nSPS) is 16.8. The molecule has 0 saturated carbocycles. The van der Waals surface area contributed by atoms with E-state index in [0.29, 0.717) is 0 Å². The van der Waals surface area contributed by atoms with Gasteiger partial charge in [0.2, 0.25) is 10.8 Å². The van der Waals surface area contributed by atoms with Crippen LogP contribution in [-0.2, 0) is 6.42 Å². The van der Waals surface area contributed by atoms with Gasteiger partial charge in [0.1, 0.15) is 5.75 Å². The number of nitrogens with zero attached hydrogens (tertiary/aromatic N) is 4. The van der Waals surface area contributed by atoms with E-state index < -0.39 is 0 Å². The molecule has 1 fully saturated rings. The second kappa shape index (κ2) is 7.25. The SMILES string of the molecule is CCc1nc2sc(C(c3ccc(OC)cc3)N3CCCCC3)c(O)n2n1. The molecule has 1 aliphatic heterocycles. The van der Waals surface area contributed by atoms with Crippen molar-refractivity contribution >= 4 is 16.3 Å². The molecule has 4 rings (SSSR count). The molecular formula is C19H24N4O2S. The van der Waals surface area contributed by atoms with Gasteiger partial charge in [-0.3, -0.25) is 4.90 Å². The van der Waals surface area contributed by atoms with E-state index >= 15 is 0 Å². The molecule has 2 aromatic heterocycles. The van der Waals surface area contributed by atoms with Crippen LogP contribution in [0.3, 0.4) is 0 Å². The molecule has 0 amide bonds. The fraction of sp³-hybridized carbons (Fsp3) is 0.474. The van der Waals surface area contributed by atoms with Gasteiger partial charge < -0.3 is 9.84 Å². The van der Waals surface area contributed by atoms with Crippen LogP contribution in [0.1, 0.15) is 48.5 Å². The van der Waals surface area contributed by atoms with Crippen LogP contribution in [-0.4, -0.2) is 44.8 Å². The first-order valence-electron chi connectivity index (χ1n) is 9.16. The molecule has 1 unspecified atom stereocenters. The molecule has 0 spiro atoms. The van der Waals surface area contributed by atoms with E-state index in [4.69, 9.17) is 4.74 Å². The van der Waals surface area contributed by atoms with Crippen molar-refractivity contribution in [1.82, 2.24) is 19.5 Å². The van der Waals surface area contributed by atoms with Crippen LogP contribution < -0.4 is 4.74 Å². The average molecular weight is 372 g/mol. The first kappa shape index (κ1) is 17.3. The van der Waals surface area contributed by atoms with E-state index in [1.165, 1.54) is 30.6 Å². The van der Waals surface area contributed by atoms with Gasteiger partial charge in [-0.1, -0.05) is 36.8 Å². The van der Waals surface area contributed by atoms with E-state index in [1.54, 1.807) is 11.6 Å². The highest BCUT2D eigenvalue weighted by molar-refractivity contribution is 7.17. The summed E-state index contributed by atoms with van der Waals surface area (Å²) in [6.07, 6.45) is 4.41. The predicted molar refractivity (Wildman–Crippen MR) is 102 cm³/mol. The number of aromatic hydroxyl groups is 1. The molecule has 1 saturated heterocycles. The Kier molecular flexibility index (Phi) is 4.82. The molecule has 7 heteroatoms. The van der Waals surface area contributed by atoms with E-state index in [0.717, 1.165) is 46.5 Å². The third-order valence-electron chi connectivity index (χ3n) is 5.00. The summed E-state index contributed by atoms with van der Waals surface area (Å²) in [4.78, 5) is 8.65. The molecule has 1 N–H and O–H groups in total. The number of rotatable bonds is 5. The fourth-order valence-corrected chi connectivity index (χ4v) is 4.75. The van der Waals surface area contributed by atoms with Crippen molar-refractivity contribution in [3.05, 3.63) is 40.5 Å². The summed E-state index contributed by atoms with van der Waals surface area (Å²) in [5.41, 5.74) is 1.16. The molecule has 138 valence electrons. The van der Waals surface area contributed by atoms with Gasteiger partial charge in [0.15, 0.2) is 5.82 Å². The van der Waals surface area contributed by atoms with Crippen molar-refractivity contribution in [2.75, 3.05) is 20.2 Å². The van der Waals surface area contributed by atoms with Gasteiger partial charge in [-0.2, -0.15) is 4.52 Å². The second-order valence-corrected chi connectivity index (χ2v) is 7.65. The molecule has 6 nitrogen and oxygen atoms in total. The molecule has 0 bridgehead atoms. The maximum atomic E-state index is 10.9. The number of aromatic nitrogens is 3. The van der Waals surface area contributed by atoms with Crippen molar-refractivity contribution in [2.24, 2.45) is 0 Å². The molecule has 3 aromatic rings. The third-order valence-corrected chi connectivity index (χ3v) is 6.07. The van der Waals surface area contributed by atoms with Crippen LogP contribution >= 0.6 is 11.3 Å². The Hall–Kier alpha value is -2.12. The Labute approximate surface area is 157 Å². The summed E-state index contributed by atoms with van der Waals surface area (Å²) < 4.78 is 6.88. The zero-order valence-corrected chi connectivity index (χ0v) is 16.0. The van der Waals surface area contributed by atoms with Gasteiger partial charge in [-0.25, -0.2) is 4.98 Å². The Morgan fingerprint density at radius 1 is 1.19 bits per heavy atom. The summed E-state index contributed by atoms with van der Waals surface area (Å²) >= 11 is 1.53. The van der Waals surface area contributed by atoms with Gasteiger partial charge in [-0.15, -0.1) is 5.10 Å². The highest BCUT2D eigenvalue weighted by atomic mass is 32.1. The number of thiazole rings is 1. The lowest BCUT2D eigenvalue weighted by atomic mass is 10.0. The quantitative estimate of drug-likeness (QED) is 0.741. The van der Waals surface area contributed by atoms with Gasteiger partial charge in [0, 0.05) is 6.42 Å². The summed E-state index contributed by atoms with van der Waals surface area (Å²) in [6, 6.07) is 8.15. The number of piperidine rings is 1. The minimum atomic E-state index is 0.0137. The first-order chi connectivity index (χ1) is 12.7. The maximum Gasteiger partial charge on any atom is 0.230 e. The van der Waals surface area contributed by atoms with Crippen LogP contribution in [0.25, 0.3) is 4.96 Å². The molecule has 0 radical (unpaired) electrons. The number of hydrogen-bond donors (Lipinski definition) is 1. The van der Waals surface area contributed by atoms with Crippen molar-refractivity contribution in [3.63, 3.8) is 0 Å². The number of aryl methyl sites for hydroxylation is 1. The number of fused-ring (bicyclic) bond motifs is 1. The average Bonchev–Trinajstić information content (AvgIpc) is 3.23. The van der Waals surface area contributed by atoms with Gasteiger partial charge in [-0.05, 0) is 43.6 Å². The van der Waals surface area contributed by atoms with Crippen LogP contribution in [0.2, 0.25) is 0 Å². The lowest BCUT2D eigenvalue weighted by molar-refractivity contribution is 0.186. The standard InChI is InChI=1S/C19H24N4O2S/c1-3-15-20-19-23(21-15)18(24)17(26-19)16(22-11-5-4-6-12-22)13-7-9-14(25-2)10-8-13/h7-10,16,24H,3-6,11-12H2,1-2H3. The Balaban J connectivity index is 1.78.